The van der Waals surface area contributed by atoms with Crippen LogP contribution < -0.4 is 10.6 Å². The molecule has 162 valence electrons. The average Bonchev–Trinajstić information content (AvgIpc) is 3.36. The van der Waals surface area contributed by atoms with Gasteiger partial charge in [0.05, 0.1) is 6.54 Å². The third-order valence-electron chi connectivity index (χ3n) is 5.64. The van der Waals surface area contributed by atoms with Crippen molar-refractivity contribution >= 4 is 29.9 Å². The summed E-state index contributed by atoms with van der Waals surface area (Å²) in [4.78, 5) is 7.61. The van der Waals surface area contributed by atoms with Crippen LogP contribution in [-0.4, -0.2) is 64.4 Å². The maximum atomic E-state index is 4.95. The molecule has 1 atom stereocenters. The van der Waals surface area contributed by atoms with Crippen molar-refractivity contribution in [3.63, 3.8) is 0 Å². The summed E-state index contributed by atoms with van der Waals surface area (Å²) < 4.78 is 2.10. The highest BCUT2D eigenvalue weighted by atomic mass is 127. The van der Waals surface area contributed by atoms with E-state index in [-0.39, 0.29) is 24.0 Å². The first-order valence-electron chi connectivity index (χ1n) is 10.9. The Morgan fingerprint density at radius 2 is 1.86 bits per heavy atom. The number of nitrogens with one attached hydrogen (secondary N) is 2. The van der Waals surface area contributed by atoms with Gasteiger partial charge in [-0.3, -0.25) is 9.89 Å². The van der Waals surface area contributed by atoms with Crippen molar-refractivity contribution in [3.8, 4) is 0 Å². The predicted octanol–water partition coefficient (Wildman–Crippen LogP) is 2.91. The molecule has 1 unspecified atom stereocenters. The minimum atomic E-state index is 0. The molecular formula is C20H40IN7. The Morgan fingerprint density at radius 3 is 2.46 bits per heavy atom. The second-order valence-electron chi connectivity index (χ2n) is 7.33. The first kappa shape index (κ1) is 25.1. The van der Waals surface area contributed by atoms with Gasteiger partial charge in [-0.05, 0) is 38.8 Å². The van der Waals surface area contributed by atoms with Crippen LogP contribution in [0.1, 0.15) is 59.2 Å². The molecule has 0 saturated carbocycles. The van der Waals surface area contributed by atoms with E-state index in [1.165, 1.54) is 38.8 Å². The lowest BCUT2D eigenvalue weighted by Crippen LogP contribution is -2.43. The van der Waals surface area contributed by atoms with Gasteiger partial charge in [0.1, 0.15) is 12.2 Å². The van der Waals surface area contributed by atoms with E-state index in [1.54, 1.807) is 6.33 Å². The topological polar surface area (TPSA) is 70.4 Å². The van der Waals surface area contributed by atoms with Crippen LogP contribution in [0.15, 0.2) is 11.3 Å². The highest BCUT2D eigenvalue weighted by Crippen LogP contribution is 2.23. The standard InChI is InChI=1S/C20H39N7.HI/c1-5-17(6-2)18(26-12-9-10-13-26)15-23-20(21-8-4)22-11-14-27-16-24-25-19(27)7-3;/h16-18H,5-15H2,1-4H3,(H2,21,22,23);1H. The minimum Gasteiger partial charge on any atom is -0.357 e. The normalized spacial score (nSPS) is 16.2. The lowest BCUT2D eigenvalue weighted by Gasteiger charge is -2.32. The molecule has 28 heavy (non-hydrogen) atoms. The van der Waals surface area contributed by atoms with Crippen molar-refractivity contribution in [1.29, 1.82) is 0 Å². The van der Waals surface area contributed by atoms with E-state index in [9.17, 15) is 0 Å². The molecule has 0 spiro atoms. The number of aryl methyl sites for hydroxylation is 1. The molecule has 1 saturated heterocycles. The van der Waals surface area contributed by atoms with Crippen LogP contribution in [0.3, 0.4) is 0 Å². The monoisotopic (exact) mass is 505 g/mol. The zero-order valence-electron chi connectivity index (χ0n) is 18.2. The Bertz CT molecular complexity index is 549. The highest BCUT2D eigenvalue weighted by molar-refractivity contribution is 14.0. The van der Waals surface area contributed by atoms with Crippen LogP contribution in [0.5, 0.6) is 0 Å². The van der Waals surface area contributed by atoms with Crippen molar-refractivity contribution < 1.29 is 0 Å². The molecule has 1 aliphatic rings. The van der Waals surface area contributed by atoms with Crippen molar-refractivity contribution in [3.05, 3.63) is 12.2 Å². The fraction of sp³-hybridized carbons (Fsp3) is 0.850. The van der Waals surface area contributed by atoms with Gasteiger partial charge < -0.3 is 15.2 Å². The fourth-order valence-corrected chi connectivity index (χ4v) is 4.03. The number of hydrogen-bond donors (Lipinski definition) is 2. The third kappa shape index (κ3) is 7.50. The molecule has 2 N–H and O–H groups in total. The van der Waals surface area contributed by atoms with E-state index in [4.69, 9.17) is 4.99 Å². The number of hydrogen-bond acceptors (Lipinski definition) is 4. The van der Waals surface area contributed by atoms with E-state index in [2.05, 4.69) is 58.0 Å². The molecule has 0 amide bonds. The molecule has 1 fully saturated rings. The summed E-state index contributed by atoms with van der Waals surface area (Å²) in [5.41, 5.74) is 0. The Morgan fingerprint density at radius 1 is 1.14 bits per heavy atom. The van der Waals surface area contributed by atoms with Crippen LogP contribution >= 0.6 is 24.0 Å². The van der Waals surface area contributed by atoms with Crippen LogP contribution in [0.2, 0.25) is 0 Å². The molecule has 0 aliphatic carbocycles. The Labute approximate surface area is 188 Å². The summed E-state index contributed by atoms with van der Waals surface area (Å²) in [5, 5.41) is 15.0. The van der Waals surface area contributed by atoms with E-state index in [0.29, 0.717) is 6.04 Å². The molecule has 1 aliphatic heterocycles. The average molecular weight is 505 g/mol. The molecule has 2 heterocycles. The van der Waals surface area contributed by atoms with Gasteiger partial charge in [-0.15, -0.1) is 34.2 Å². The maximum absolute atomic E-state index is 4.95. The molecular weight excluding hydrogens is 465 g/mol. The molecule has 0 bridgehead atoms. The lowest BCUT2D eigenvalue weighted by molar-refractivity contribution is 0.172. The first-order chi connectivity index (χ1) is 13.2. The third-order valence-corrected chi connectivity index (χ3v) is 5.64. The highest BCUT2D eigenvalue weighted by Gasteiger charge is 2.27. The van der Waals surface area contributed by atoms with E-state index < -0.39 is 0 Å². The largest absolute Gasteiger partial charge is 0.357 e. The molecule has 0 radical (unpaired) electrons. The SMILES string of the molecule is CCNC(=NCC(C(CC)CC)N1CCCC1)NCCn1cnnc1CC.I. The fourth-order valence-electron chi connectivity index (χ4n) is 4.03. The van der Waals surface area contributed by atoms with Crippen LogP contribution in [0, 0.1) is 5.92 Å². The molecule has 1 aromatic heterocycles. The summed E-state index contributed by atoms with van der Waals surface area (Å²) in [6.45, 7) is 14.7. The maximum Gasteiger partial charge on any atom is 0.191 e. The van der Waals surface area contributed by atoms with E-state index >= 15 is 0 Å². The Hall–Kier alpha value is -0.900. The summed E-state index contributed by atoms with van der Waals surface area (Å²) >= 11 is 0. The lowest BCUT2D eigenvalue weighted by atomic mass is 9.93. The summed E-state index contributed by atoms with van der Waals surface area (Å²) in [5.74, 6) is 2.67. The number of aliphatic imine (C=N–C) groups is 1. The number of halogens is 1. The number of likely N-dealkylation sites (tertiary alicyclic amines) is 1. The Kier molecular flexibility index (Phi) is 12.7. The van der Waals surface area contributed by atoms with Gasteiger partial charge in [-0.2, -0.15) is 0 Å². The van der Waals surface area contributed by atoms with Crippen molar-refractivity contribution in [2.75, 3.05) is 32.7 Å². The predicted molar refractivity (Wildman–Crippen MR) is 127 cm³/mol. The van der Waals surface area contributed by atoms with Gasteiger partial charge in [0.25, 0.3) is 0 Å². The smallest absolute Gasteiger partial charge is 0.191 e. The molecule has 0 aromatic carbocycles. The second kappa shape index (κ2) is 14.1. The summed E-state index contributed by atoms with van der Waals surface area (Å²) in [7, 11) is 0. The van der Waals surface area contributed by atoms with E-state index in [0.717, 1.165) is 50.3 Å². The number of rotatable bonds is 11. The van der Waals surface area contributed by atoms with Crippen LogP contribution in [0.25, 0.3) is 0 Å². The molecule has 7 nitrogen and oxygen atoms in total. The van der Waals surface area contributed by atoms with Crippen LogP contribution in [-0.2, 0) is 13.0 Å². The summed E-state index contributed by atoms with van der Waals surface area (Å²) in [6, 6.07) is 0.558. The number of nitrogens with zero attached hydrogens (tertiary/aromatic N) is 5. The van der Waals surface area contributed by atoms with Crippen molar-refractivity contribution in [1.82, 2.24) is 30.3 Å². The second-order valence-corrected chi connectivity index (χ2v) is 7.33. The molecule has 1 aromatic rings. The summed E-state index contributed by atoms with van der Waals surface area (Å²) in [6.07, 6.45) is 7.83. The van der Waals surface area contributed by atoms with Crippen molar-refractivity contribution in [2.24, 2.45) is 10.9 Å². The first-order valence-corrected chi connectivity index (χ1v) is 10.9. The quantitative estimate of drug-likeness (QED) is 0.275. The van der Waals surface area contributed by atoms with Gasteiger partial charge in [-0.25, -0.2) is 0 Å². The zero-order chi connectivity index (χ0) is 19.5. The van der Waals surface area contributed by atoms with Gasteiger partial charge in [0.2, 0.25) is 0 Å². The molecule has 2 rings (SSSR count). The minimum absolute atomic E-state index is 0. The van der Waals surface area contributed by atoms with Gasteiger partial charge in [0.15, 0.2) is 5.96 Å². The molecule has 8 heteroatoms. The van der Waals surface area contributed by atoms with E-state index in [1.807, 2.05) is 0 Å². The van der Waals surface area contributed by atoms with Gasteiger partial charge >= 0.3 is 0 Å². The van der Waals surface area contributed by atoms with Crippen molar-refractivity contribution in [2.45, 2.75) is 72.4 Å². The van der Waals surface area contributed by atoms with Crippen LogP contribution in [0.4, 0.5) is 0 Å². The Balaban J connectivity index is 0.00000392. The number of guanidine groups is 1. The number of aromatic nitrogens is 3. The van der Waals surface area contributed by atoms with Gasteiger partial charge in [0, 0.05) is 32.1 Å². The van der Waals surface area contributed by atoms with Gasteiger partial charge in [-0.1, -0.05) is 33.6 Å². The zero-order valence-corrected chi connectivity index (χ0v) is 20.5.